The maximum atomic E-state index is 12.2. The Morgan fingerprint density at radius 2 is 1.92 bits per heavy atom. The molecule has 1 saturated heterocycles. The number of hydrogen-bond donors (Lipinski definition) is 1. The summed E-state index contributed by atoms with van der Waals surface area (Å²) in [7, 11) is 0. The first-order valence-electron chi connectivity index (χ1n) is 7.94. The molecular weight excluding hydrogens is 344 g/mol. The van der Waals surface area contributed by atoms with E-state index < -0.39 is 4.92 Å². The van der Waals surface area contributed by atoms with E-state index in [-0.39, 0.29) is 17.6 Å². The average molecular weight is 361 g/mol. The van der Waals surface area contributed by atoms with Crippen LogP contribution in [-0.4, -0.2) is 34.9 Å². The first kappa shape index (κ1) is 17.2. The monoisotopic (exact) mass is 360 g/mol. The number of rotatable bonds is 4. The van der Waals surface area contributed by atoms with Gasteiger partial charge in [0.15, 0.2) is 0 Å². The molecule has 1 N–H and O–H groups in total. The normalized spacial score (nSPS) is 15.0. The Labute approximate surface area is 149 Å². The van der Waals surface area contributed by atoms with Crippen LogP contribution in [0, 0.1) is 10.1 Å². The van der Waals surface area contributed by atoms with Gasteiger partial charge in [-0.05, 0) is 31.0 Å². The number of carbonyl (C=O) groups excluding carboxylic acids is 1. The molecule has 1 fully saturated rings. The minimum absolute atomic E-state index is 0.0201. The van der Waals surface area contributed by atoms with E-state index in [0.29, 0.717) is 10.6 Å². The Kier molecular flexibility index (Phi) is 5.14. The number of nitro benzene ring substituents is 1. The standard InChI is InChI=1S/C17H17ClN4O3/c18-15-11-14(22(24)25)1-2-16(15)21-9-5-13(6-10-21)20-17(23)12-3-7-19-8-4-12/h1-4,7-8,11,13H,5-6,9-10H2,(H,20,23). The molecule has 130 valence electrons. The lowest BCUT2D eigenvalue weighted by Gasteiger charge is -2.34. The van der Waals surface area contributed by atoms with Crippen LogP contribution in [0.15, 0.2) is 42.7 Å². The summed E-state index contributed by atoms with van der Waals surface area (Å²) in [6.07, 6.45) is 4.75. The van der Waals surface area contributed by atoms with Crippen molar-refractivity contribution in [3.8, 4) is 0 Å². The van der Waals surface area contributed by atoms with Gasteiger partial charge in [-0.3, -0.25) is 19.9 Å². The number of nitro groups is 1. The van der Waals surface area contributed by atoms with E-state index in [0.717, 1.165) is 31.6 Å². The van der Waals surface area contributed by atoms with Crippen LogP contribution < -0.4 is 10.2 Å². The highest BCUT2D eigenvalue weighted by Gasteiger charge is 2.23. The summed E-state index contributed by atoms with van der Waals surface area (Å²) in [6, 6.07) is 7.96. The predicted octanol–water partition coefficient (Wildman–Crippen LogP) is 3.04. The Morgan fingerprint density at radius 1 is 1.24 bits per heavy atom. The third-order valence-corrected chi connectivity index (χ3v) is 4.56. The fourth-order valence-electron chi connectivity index (χ4n) is 2.90. The molecule has 2 heterocycles. The molecular formula is C17H17ClN4O3. The predicted molar refractivity (Wildman–Crippen MR) is 95.0 cm³/mol. The van der Waals surface area contributed by atoms with Crippen molar-refractivity contribution in [1.29, 1.82) is 0 Å². The summed E-state index contributed by atoms with van der Waals surface area (Å²) in [5.41, 5.74) is 1.36. The average Bonchev–Trinajstić information content (AvgIpc) is 2.63. The molecule has 1 amide bonds. The summed E-state index contributed by atoms with van der Waals surface area (Å²) in [5, 5.41) is 14.2. The molecule has 0 radical (unpaired) electrons. The lowest BCUT2D eigenvalue weighted by molar-refractivity contribution is -0.384. The number of halogens is 1. The summed E-state index contributed by atoms with van der Waals surface area (Å²) in [4.78, 5) is 28.5. The number of piperidine rings is 1. The zero-order chi connectivity index (χ0) is 17.8. The number of amides is 1. The van der Waals surface area contributed by atoms with Gasteiger partial charge in [0.1, 0.15) is 0 Å². The molecule has 0 bridgehead atoms. The van der Waals surface area contributed by atoms with Gasteiger partial charge in [0, 0.05) is 49.2 Å². The Bertz CT molecular complexity index is 777. The van der Waals surface area contributed by atoms with E-state index in [2.05, 4.69) is 15.2 Å². The first-order valence-corrected chi connectivity index (χ1v) is 8.32. The number of anilines is 1. The van der Waals surface area contributed by atoms with Crippen LogP contribution in [0.4, 0.5) is 11.4 Å². The zero-order valence-corrected chi connectivity index (χ0v) is 14.1. The lowest BCUT2D eigenvalue weighted by atomic mass is 10.0. The van der Waals surface area contributed by atoms with Crippen molar-refractivity contribution in [3.05, 3.63) is 63.4 Å². The molecule has 1 aliphatic rings. The molecule has 0 saturated carbocycles. The van der Waals surface area contributed by atoms with Gasteiger partial charge in [0.2, 0.25) is 0 Å². The van der Waals surface area contributed by atoms with Gasteiger partial charge in [0.25, 0.3) is 11.6 Å². The van der Waals surface area contributed by atoms with Crippen molar-refractivity contribution in [2.45, 2.75) is 18.9 Å². The van der Waals surface area contributed by atoms with Crippen molar-refractivity contribution >= 4 is 28.9 Å². The van der Waals surface area contributed by atoms with Crippen LogP contribution in [0.1, 0.15) is 23.2 Å². The molecule has 8 heteroatoms. The van der Waals surface area contributed by atoms with E-state index in [4.69, 9.17) is 11.6 Å². The Hall–Kier alpha value is -2.67. The Morgan fingerprint density at radius 3 is 2.52 bits per heavy atom. The van der Waals surface area contributed by atoms with Crippen LogP contribution in [0.2, 0.25) is 5.02 Å². The number of carbonyl (C=O) groups is 1. The van der Waals surface area contributed by atoms with Crippen molar-refractivity contribution in [2.75, 3.05) is 18.0 Å². The zero-order valence-electron chi connectivity index (χ0n) is 13.4. The number of pyridine rings is 1. The third-order valence-electron chi connectivity index (χ3n) is 4.26. The fraction of sp³-hybridized carbons (Fsp3) is 0.294. The highest BCUT2D eigenvalue weighted by molar-refractivity contribution is 6.33. The minimum atomic E-state index is -0.462. The van der Waals surface area contributed by atoms with Gasteiger partial charge in [-0.25, -0.2) is 0 Å². The van der Waals surface area contributed by atoms with E-state index in [9.17, 15) is 14.9 Å². The van der Waals surface area contributed by atoms with Crippen LogP contribution in [0.25, 0.3) is 0 Å². The van der Waals surface area contributed by atoms with Gasteiger partial charge < -0.3 is 10.2 Å². The van der Waals surface area contributed by atoms with Crippen LogP contribution >= 0.6 is 11.6 Å². The fourth-order valence-corrected chi connectivity index (χ4v) is 3.20. The summed E-state index contributed by atoms with van der Waals surface area (Å²) >= 11 is 6.19. The van der Waals surface area contributed by atoms with Crippen molar-refractivity contribution in [3.63, 3.8) is 0 Å². The number of aromatic nitrogens is 1. The quantitative estimate of drug-likeness (QED) is 0.668. The summed E-state index contributed by atoms with van der Waals surface area (Å²) < 4.78 is 0. The Balaban J connectivity index is 1.59. The van der Waals surface area contributed by atoms with Gasteiger partial charge in [-0.2, -0.15) is 0 Å². The maximum absolute atomic E-state index is 12.2. The van der Waals surface area contributed by atoms with Crippen molar-refractivity contribution in [1.82, 2.24) is 10.3 Å². The van der Waals surface area contributed by atoms with Gasteiger partial charge in [0.05, 0.1) is 15.6 Å². The molecule has 1 aliphatic heterocycles. The summed E-state index contributed by atoms with van der Waals surface area (Å²) in [5.74, 6) is -0.103. The molecule has 0 unspecified atom stereocenters. The van der Waals surface area contributed by atoms with E-state index in [1.807, 2.05) is 0 Å². The number of nitrogens with zero attached hydrogens (tertiary/aromatic N) is 3. The van der Waals surface area contributed by atoms with Crippen LogP contribution in [0.5, 0.6) is 0 Å². The lowest BCUT2D eigenvalue weighted by Crippen LogP contribution is -2.44. The molecule has 0 aliphatic carbocycles. The van der Waals surface area contributed by atoms with Crippen LogP contribution in [0.3, 0.4) is 0 Å². The maximum Gasteiger partial charge on any atom is 0.271 e. The van der Waals surface area contributed by atoms with Crippen molar-refractivity contribution < 1.29 is 9.72 Å². The van der Waals surface area contributed by atoms with Gasteiger partial charge >= 0.3 is 0 Å². The first-order chi connectivity index (χ1) is 12.0. The molecule has 2 aromatic rings. The second-order valence-electron chi connectivity index (χ2n) is 5.86. The van der Waals surface area contributed by atoms with E-state index in [1.165, 1.54) is 12.1 Å². The highest BCUT2D eigenvalue weighted by Crippen LogP contribution is 2.31. The number of benzene rings is 1. The largest absolute Gasteiger partial charge is 0.370 e. The second kappa shape index (κ2) is 7.48. The molecule has 0 spiro atoms. The molecule has 25 heavy (non-hydrogen) atoms. The third kappa shape index (κ3) is 4.06. The van der Waals surface area contributed by atoms with E-state index in [1.54, 1.807) is 30.6 Å². The molecule has 1 aromatic heterocycles. The SMILES string of the molecule is O=C(NC1CCN(c2ccc([N+](=O)[O-])cc2Cl)CC1)c1ccncc1. The smallest absolute Gasteiger partial charge is 0.271 e. The van der Waals surface area contributed by atoms with Gasteiger partial charge in [-0.1, -0.05) is 11.6 Å². The topological polar surface area (TPSA) is 88.4 Å². The molecule has 7 nitrogen and oxygen atoms in total. The van der Waals surface area contributed by atoms with Gasteiger partial charge in [-0.15, -0.1) is 0 Å². The highest BCUT2D eigenvalue weighted by atomic mass is 35.5. The molecule has 3 rings (SSSR count). The molecule has 0 atom stereocenters. The van der Waals surface area contributed by atoms with E-state index >= 15 is 0 Å². The minimum Gasteiger partial charge on any atom is -0.370 e. The summed E-state index contributed by atoms with van der Waals surface area (Å²) in [6.45, 7) is 1.44. The second-order valence-corrected chi connectivity index (χ2v) is 6.27. The van der Waals surface area contributed by atoms with Crippen molar-refractivity contribution in [2.24, 2.45) is 0 Å². The number of hydrogen-bond acceptors (Lipinski definition) is 5. The number of non-ortho nitro benzene ring substituents is 1. The molecule has 1 aromatic carbocycles. The number of nitrogens with one attached hydrogen (secondary N) is 1. The van der Waals surface area contributed by atoms with Crippen LogP contribution in [-0.2, 0) is 0 Å².